The lowest BCUT2D eigenvalue weighted by Crippen LogP contribution is -2.09. The van der Waals surface area contributed by atoms with Crippen molar-refractivity contribution in [3.05, 3.63) is 45.1 Å². The number of amides is 1. The molecule has 0 aliphatic carbocycles. The molecule has 1 amide bonds. The fraction of sp³-hybridized carbons (Fsp3) is 0.0833. The second-order valence-electron chi connectivity index (χ2n) is 3.29. The molecule has 0 saturated heterocycles. The van der Waals surface area contributed by atoms with Crippen molar-refractivity contribution in [1.29, 1.82) is 0 Å². The summed E-state index contributed by atoms with van der Waals surface area (Å²) in [5, 5.41) is 2.82. The van der Waals surface area contributed by atoms with Crippen LogP contribution in [0, 0.1) is 0 Å². The van der Waals surface area contributed by atoms with Gasteiger partial charge >= 0.3 is 0 Å². The van der Waals surface area contributed by atoms with E-state index in [1.165, 1.54) is 11.3 Å². The molecule has 1 N–H and O–H groups in total. The van der Waals surface area contributed by atoms with Crippen LogP contribution in [0.15, 0.2) is 40.2 Å². The van der Waals surface area contributed by atoms with E-state index >= 15 is 0 Å². The summed E-state index contributed by atoms with van der Waals surface area (Å²) >= 11 is 4.73. The number of anilines is 1. The van der Waals surface area contributed by atoms with Crippen LogP contribution in [0.4, 0.5) is 5.69 Å². The Balaban J connectivity index is 2.12. The standard InChI is InChI=1S/C12H10BrNO2S/c1-16-9-4-2-3-8(7-9)14-12(15)10-5-6-11(13)17-10/h2-7H,1H3,(H,14,15). The van der Waals surface area contributed by atoms with E-state index in [0.29, 0.717) is 4.88 Å². The van der Waals surface area contributed by atoms with Crippen molar-refractivity contribution in [3.8, 4) is 5.75 Å². The highest BCUT2D eigenvalue weighted by molar-refractivity contribution is 9.11. The van der Waals surface area contributed by atoms with Crippen molar-refractivity contribution in [2.45, 2.75) is 0 Å². The molecule has 3 nitrogen and oxygen atoms in total. The van der Waals surface area contributed by atoms with E-state index in [9.17, 15) is 4.79 Å². The van der Waals surface area contributed by atoms with E-state index in [0.717, 1.165) is 15.2 Å². The number of halogens is 1. The van der Waals surface area contributed by atoms with Gasteiger partial charge in [-0.05, 0) is 40.2 Å². The normalized spacial score (nSPS) is 10.0. The van der Waals surface area contributed by atoms with Crippen molar-refractivity contribution >= 4 is 38.9 Å². The van der Waals surface area contributed by atoms with Crippen LogP contribution < -0.4 is 10.1 Å². The Morgan fingerprint density at radius 1 is 1.35 bits per heavy atom. The Labute approximate surface area is 112 Å². The Kier molecular flexibility index (Phi) is 3.81. The molecule has 0 saturated carbocycles. The second-order valence-corrected chi connectivity index (χ2v) is 5.75. The molecule has 17 heavy (non-hydrogen) atoms. The highest BCUT2D eigenvalue weighted by Gasteiger charge is 2.08. The largest absolute Gasteiger partial charge is 0.497 e. The van der Waals surface area contributed by atoms with E-state index in [1.54, 1.807) is 19.2 Å². The minimum atomic E-state index is -0.117. The molecule has 5 heteroatoms. The maximum Gasteiger partial charge on any atom is 0.265 e. The number of methoxy groups -OCH3 is 1. The smallest absolute Gasteiger partial charge is 0.265 e. The molecule has 0 radical (unpaired) electrons. The van der Waals surface area contributed by atoms with Crippen LogP contribution in [0.3, 0.4) is 0 Å². The fourth-order valence-electron chi connectivity index (χ4n) is 1.33. The molecule has 88 valence electrons. The van der Waals surface area contributed by atoms with Crippen LogP contribution in [0.5, 0.6) is 5.75 Å². The molecule has 0 atom stereocenters. The number of thiophene rings is 1. The molecule has 0 aliphatic heterocycles. The molecule has 1 aromatic carbocycles. The molecule has 0 unspecified atom stereocenters. The molecule has 0 fully saturated rings. The molecule has 0 aliphatic rings. The van der Waals surface area contributed by atoms with Crippen LogP contribution >= 0.6 is 27.3 Å². The molecular formula is C12H10BrNO2S. The zero-order valence-electron chi connectivity index (χ0n) is 9.07. The van der Waals surface area contributed by atoms with Gasteiger partial charge in [-0.3, -0.25) is 4.79 Å². The van der Waals surface area contributed by atoms with Crippen molar-refractivity contribution < 1.29 is 9.53 Å². The maximum absolute atomic E-state index is 11.9. The molecule has 1 aromatic heterocycles. The zero-order valence-corrected chi connectivity index (χ0v) is 11.5. The van der Waals surface area contributed by atoms with E-state index in [-0.39, 0.29) is 5.91 Å². The molecule has 0 bridgehead atoms. The summed E-state index contributed by atoms with van der Waals surface area (Å²) in [7, 11) is 1.59. The maximum atomic E-state index is 11.9. The van der Waals surface area contributed by atoms with Gasteiger partial charge in [0, 0.05) is 11.8 Å². The van der Waals surface area contributed by atoms with Crippen molar-refractivity contribution in [2.24, 2.45) is 0 Å². The van der Waals surface area contributed by atoms with Crippen LogP contribution in [0.25, 0.3) is 0 Å². The fourth-order valence-corrected chi connectivity index (χ4v) is 2.61. The van der Waals surface area contributed by atoms with Gasteiger partial charge in [-0.2, -0.15) is 0 Å². The van der Waals surface area contributed by atoms with Crippen molar-refractivity contribution in [1.82, 2.24) is 0 Å². The Morgan fingerprint density at radius 3 is 2.82 bits per heavy atom. The predicted octanol–water partition coefficient (Wildman–Crippen LogP) is 3.77. The highest BCUT2D eigenvalue weighted by Crippen LogP contribution is 2.23. The number of carbonyl (C=O) groups excluding carboxylic acids is 1. The number of rotatable bonds is 3. The summed E-state index contributed by atoms with van der Waals surface area (Å²) in [4.78, 5) is 12.5. The zero-order chi connectivity index (χ0) is 12.3. The number of ether oxygens (including phenoxy) is 1. The SMILES string of the molecule is COc1cccc(NC(=O)c2ccc(Br)s2)c1. The van der Waals surface area contributed by atoms with Crippen molar-refractivity contribution in [2.75, 3.05) is 12.4 Å². The van der Waals surface area contributed by atoms with Crippen LogP contribution in [-0.4, -0.2) is 13.0 Å². The Hall–Kier alpha value is -1.33. The number of nitrogens with one attached hydrogen (secondary N) is 1. The molecular weight excluding hydrogens is 302 g/mol. The van der Waals surface area contributed by atoms with Gasteiger partial charge in [0.2, 0.25) is 0 Å². The lowest BCUT2D eigenvalue weighted by Gasteiger charge is -2.05. The lowest BCUT2D eigenvalue weighted by molar-refractivity contribution is 0.103. The average molecular weight is 312 g/mol. The van der Waals surface area contributed by atoms with Crippen LogP contribution in [-0.2, 0) is 0 Å². The van der Waals surface area contributed by atoms with E-state index < -0.39 is 0 Å². The molecule has 0 spiro atoms. The summed E-state index contributed by atoms with van der Waals surface area (Å²) in [6.45, 7) is 0. The minimum absolute atomic E-state index is 0.117. The van der Waals surface area contributed by atoms with Gasteiger partial charge < -0.3 is 10.1 Å². The van der Waals surface area contributed by atoms with E-state index in [4.69, 9.17) is 4.74 Å². The summed E-state index contributed by atoms with van der Waals surface area (Å²) in [6.07, 6.45) is 0. The van der Waals surface area contributed by atoms with Crippen LogP contribution in [0.1, 0.15) is 9.67 Å². The number of benzene rings is 1. The van der Waals surface area contributed by atoms with Gasteiger partial charge in [0.15, 0.2) is 0 Å². The first-order valence-electron chi connectivity index (χ1n) is 4.90. The van der Waals surface area contributed by atoms with Gasteiger partial charge in [0.1, 0.15) is 5.75 Å². The van der Waals surface area contributed by atoms with Gasteiger partial charge in [-0.25, -0.2) is 0 Å². The van der Waals surface area contributed by atoms with Gasteiger partial charge in [0.25, 0.3) is 5.91 Å². The average Bonchev–Trinajstić information content (AvgIpc) is 2.76. The monoisotopic (exact) mass is 311 g/mol. The third-order valence-corrected chi connectivity index (χ3v) is 3.75. The molecule has 2 aromatic rings. The third-order valence-electron chi connectivity index (χ3n) is 2.12. The summed E-state index contributed by atoms with van der Waals surface area (Å²) in [5.41, 5.74) is 0.721. The lowest BCUT2D eigenvalue weighted by atomic mass is 10.3. The van der Waals surface area contributed by atoms with Crippen LogP contribution in [0.2, 0.25) is 0 Å². The molecule has 2 rings (SSSR count). The summed E-state index contributed by atoms with van der Waals surface area (Å²) < 4.78 is 6.03. The summed E-state index contributed by atoms with van der Waals surface area (Å²) in [5.74, 6) is 0.601. The highest BCUT2D eigenvalue weighted by atomic mass is 79.9. The Morgan fingerprint density at radius 2 is 2.18 bits per heavy atom. The number of carbonyl (C=O) groups is 1. The first kappa shape index (κ1) is 12.1. The number of hydrogen-bond acceptors (Lipinski definition) is 3. The van der Waals surface area contributed by atoms with E-state index in [2.05, 4.69) is 21.2 Å². The van der Waals surface area contributed by atoms with Gasteiger partial charge in [-0.15, -0.1) is 11.3 Å². The number of hydrogen-bond donors (Lipinski definition) is 1. The third kappa shape index (κ3) is 3.08. The topological polar surface area (TPSA) is 38.3 Å². The Bertz CT molecular complexity index is 539. The van der Waals surface area contributed by atoms with Gasteiger partial charge in [-0.1, -0.05) is 6.07 Å². The predicted molar refractivity (Wildman–Crippen MR) is 73.0 cm³/mol. The minimum Gasteiger partial charge on any atom is -0.497 e. The van der Waals surface area contributed by atoms with Crippen molar-refractivity contribution in [3.63, 3.8) is 0 Å². The first-order valence-corrected chi connectivity index (χ1v) is 6.51. The van der Waals surface area contributed by atoms with E-state index in [1.807, 2.05) is 24.3 Å². The van der Waals surface area contributed by atoms with Gasteiger partial charge in [0.05, 0.1) is 15.8 Å². The quantitative estimate of drug-likeness (QED) is 0.937. The molecule has 1 heterocycles. The first-order chi connectivity index (χ1) is 8.19. The second kappa shape index (κ2) is 5.33. The summed E-state index contributed by atoms with van der Waals surface area (Å²) in [6, 6.07) is 10.9.